The number of nitrogens with one attached hydrogen (secondary N) is 2. The van der Waals surface area contributed by atoms with Crippen LogP contribution in [0.3, 0.4) is 0 Å². The molecule has 2 aliphatic heterocycles. The molecule has 3 rings (SSSR count). The first-order valence-corrected chi connectivity index (χ1v) is 10.9. The standard InChI is InChI=1S/C14H18FN3O5S2/c15-11-9-12-10(2-3-14(19)17-12)8-13(11)25(22,23)16-4-6-18-5-1-7-24(18,20)21/h8-9,16H,1-7H2,(H,17,19). The van der Waals surface area contributed by atoms with Crippen LogP contribution in [0.25, 0.3) is 0 Å². The Balaban J connectivity index is 1.73. The van der Waals surface area contributed by atoms with E-state index in [2.05, 4.69) is 10.0 Å². The molecule has 0 aliphatic carbocycles. The number of carbonyl (C=O) groups excluding carboxylic acids is 1. The van der Waals surface area contributed by atoms with Crippen molar-refractivity contribution in [2.75, 3.05) is 30.7 Å². The second-order valence-corrected chi connectivity index (χ2v) is 9.78. The fourth-order valence-corrected chi connectivity index (χ4v) is 5.57. The van der Waals surface area contributed by atoms with E-state index in [4.69, 9.17) is 0 Å². The van der Waals surface area contributed by atoms with E-state index < -0.39 is 30.8 Å². The molecule has 1 fully saturated rings. The van der Waals surface area contributed by atoms with Gasteiger partial charge in [-0.2, -0.15) is 0 Å². The molecule has 2 heterocycles. The highest BCUT2D eigenvalue weighted by Crippen LogP contribution is 2.28. The fraction of sp³-hybridized carbons (Fsp3) is 0.500. The number of amides is 1. The van der Waals surface area contributed by atoms with Crippen LogP contribution in [-0.2, 0) is 31.3 Å². The van der Waals surface area contributed by atoms with Crippen molar-refractivity contribution in [3.63, 3.8) is 0 Å². The molecule has 0 spiro atoms. The Hall–Kier alpha value is -1.56. The van der Waals surface area contributed by atoms with Crippen molar-refractivity contribution in [3.05, 3.63) is 23.5 Å². The zero-order valence-corrected chi connectivity index (χ0v) is 14.9. The van der Waals surface area contributed by atoms with E-state index in [0.29, 0.717) is 24.9 Å². The molecule has 0 atom stereocenters. The highest BCUT2D eigenvalue weighted by Gasteiger charge is 2.29. The van der Waals surface area contributed by atoms with Crippen molar-refractivity contribution in [2.45, 2.75) is 24.2 Å². The molecule has 0 saturated carbocycles. The van der Waals surface area contributed by atoms with Gasteiger partial charge in [-0.25, -0.2) is 30.3 Å². The predicted molar refractivity (Wildman–Crippen MR) is 88.5 cm³/mol. The Labute approximate surface area is 145 Å². The molecule has 138 valence electrons. The first kappa shape index (κ1) is 18.2. The number of rotatable bonds is 5. The van der Waals surface area contributed by atoms with Crippen LogP contribution in [0.5, 0.6) is 0 Å². The number of fused-ring (bicyclic) bond motifs is 1. The van der Waals surface area contributed by atoms with E-state index in [1.165, 1.54) is 10.4 Å². The number of hydrogen-bond donors (Lipinski definition) is 2. The summed E-state index contributed by atoms with van der Waals surface area (Å²) in [5.74, 6) is -1.15. The molecule has 1 aromatic rings. The molecule has 1 aromatic carbocycles. The zero-order chi connectivity index (χ0) is 18.2. The molecular formula is C14H18FN3O5S2. The van der Waals surface area contributed by atoms with Gasteiger partial charge in [0.25, 0.3) is 0 Å². The van der Waals surface area contributed by atoms with E-state index >= 15 is 0 Å². The minimum absolute atomic E-state index is 0.00415. The van der Waals surface area contributed by atoms with Crippen molar-refractivity contribution in [2.24, 2.45) is 0 Å². The van der Waals surface area contributed by atoms with Gasteiger partial charge in [0.2, 0.25) is 26.0 Å². The van der Waals surface area contributed by atoms with Crippen LogP contribution in [0, 0.1) is 5.82 Å². The zero-order valence-electron chi connectivity index (χ0n) is 13.3. The van der Waals surface area contributed by atoms with E-state index in [-0.39, 0.29) is 36.9 Å². The molecule has 0 aromatic heterocycles. The summed E-state index contributed by atoms with van der Waals surface area (Å²) in [5, 5.41) is 2.50. The summed E-state index contributed by atoms with van der Waals surface area (Å²) >= 11 is 0. The third kappa shape index (κ3) is 3.84. The molecule has 2 N–H and O–H groups in total. The highest BCUT2D eigenvalue weighted by atomic mass is 32.2. The average Bonchev–Trinajstić information content (AvgIpc) is 2.85. The number of aryl methyl sites for hydroxylation is 1. The first-order valence-electron chi connectivity index (χ1n) is 7.79. The topological polar surface area (TPSA) is 113 Å². The quantitative estimate of drug-likeness (QED) is 0.735. The monoisotopic (exact) mass is 391 g/mol. The number of halogens is 1. The highest BCUT2D eigenvalue weighted by molar-refractivity contribution is 7.89. The Morgan fingerprint density at radius 3 is 2.72 bits per heavy atom. The molecular weight excluding hydrogens is 373 g/mol. The lowest BCUT2D eigenvalue weighted by molar-refractivity contribution is -0.116. The summed E-state index contributed by atoms with van der Waals surface area (Å²) < 4.78 is 65.7. The lowest BCUT2D eigenvalue weighted by Gasteiger charge is -2.19. The number of anilines is 1. The minimum Gasteiger partial charge on any atom is -0.326 e. The summed E-state index contributed by atoms with van der Waals surface area (Å²) in [4.78, 5) is 10.8. The molecule has 11 heteroatoms. The van der Waals surface area contributed by atoms with Gasteiger partial charge in [0.15, 0.2) is 0 Å². The van der Waals surface area contributed by atoms with Gasteiger partial charge in [0, 0.05) is 31.7 Å². The fourth-order valence-electron chi connectivity index (χ4n) is 2.91. The lowest BCUT2D eigenvalue weighted by atomic mass is 10.0. The summed E-state index contributed by atoms with van der Waals surface area (Å²) in [6.45, 7) is 0.218. The molecule has 1 amide bonds. The van der Waals surface area contributed by atoms with Crippen molar-refractivity contribution >= 4 is 31.6 Å². The first-order chi connectivity index (χ1) is 11.7. The molecule has 0 bridgehead atoms. The van der Waals surface area contributed by atoms with Crippen molar-refractivity contribution in [1.82, 2.24) is 9.03 Å². The number of benzene rings is 1. The normalized spacial score (nSPS) is 20.3. The third-order valence-corrected chi connectivity index (χ3v) is 7.63. The number of carbonyl (C=O) groups is 1. The van der Waals surface area contributed by atoms with Crippen molar-refractivity contribution < 1.29 is 26.0 Å². The van der Waals surface area contributed by atoms with Crippen LogP contribution in [0.2, 0.25) is 0 Å². The van der Waals surface area contributed by atoms with E-state index in [9.17, 15) is 26.0 Å². The van der Waals surface area contributed by atoms with Crippen LogP contribution in [-0.4, -0.2) is 52.4 Å². The number of sulfonamides is 2. The van der Waals surface area contributed by atoms with Gasteiger partial charge < -0.3 is 5.32 Å². The largest absolute Gasteiger partial charge is 0.326 e. The van der Waals surface area contributed by atoms with Crippen LogP contribution < -0.4 is 10.0 Å². The SMILES string of the molecule is O=C1CCc2cc(S(=O)(=O)NCCN3CCCS3(=O)=O)c(F)cc2N1. The Bertz CT molecular complexity index is 915. The maximum Gasteiger partial charge on any atom is 0.243 e. The molecule has 25 heavy (non-hydrogen) atoms. The minimum atomic E-state index is -4.13. The molecule has 0 unspecified atom stereocenters. The molecule has 8 nitrogen and oxygen atoms in total. The van der Waals surface area contributed by atoms with Crippen LogP contribution in [0.1, 0.15) is 18.4 Å². The maximum atomic E-state index is 14.2. The Morgan fingerprint density at radius 2 is 2.04 bits per heavy atom. The summed E-state index contributed by atoms with van der Waals surface area (Å²) in [7, 11) is -7.44. The summed E-state index contributed by atoms with van der Waals surface area (Å²) in [6, 6.07) is 2.20. The second kappa shape index (κ2) is 6.63. The molecule has 0 radical (unpaired) electrons. The summed E-state index contributed by atoms with van der Waals surface area (Å²) in [5.41, 5.74) is 0.819. The lowest BCUT2D eigenvalue weighted by Crippen LogP contribution is -2.36. The van der Waals surface area contributed by atoms with Gasteiger partial charge in [-0.15, -0.1) is 0 Å². The molecule has 1 saturated heterocycles. The smallest absolute Gasteiger partial charge is 0.243 e. The summed E-state index contributed by atoms with van der Waals surface area (Å²) in [6.07, 6.45) is 1.05. The van der Waals surface area contributed by atoms with E-state index in [1.54, 1.807) is 0 Å². The van der Waals surface area contributed by atoms with Gasteiger partial charge in [-0.1, -0.05) is 0 Å². The number of nitrogens with zero attached hydrogens (tertiary/aromatic N) is 1. The Morgan fingerprint density at radius 1 is 1.28 bits per heavy atom. The second-order valence-electron chi connectivity index (χ2n) is 5.95. The van der Waals surface area contributed by atoms with Gasteiger partial charge in [0.05, 0.1) is 5.75 Å². The molecule has 2 aliphatic rings. The average molecular weight is 391 g/mol. The van der Waals surface area contributed by atoms with E-state index in [1.807, 2.05) is 0 Å². The Kier molecular flexibility index (Phi) is 4.84. The number of hydrogen-bond acceptors (Lipinski definition) is 5. The van der Waals surface area contributed by atoms with Gasteiger partial charge in [0.1, 0.15) is 10.7 Å². The van der Waals surface area contributed by atoms with Crippen LogP contribution in [0.4, 0.5) is 10.1 Å². The van der Waals surface area contributed by atoms with Crippen molar-refractivity contribution in [1.29, 1.82) is 0 Å². The van der Waals surface area contributed by atoms with Crippen LogP contribution >= 0.6 is 0 Å². The van der Waals surface area contributed by atoms with Gasteiger partial charge in [-0.05, 0) is 30.5 Å². The van der Waals surface area contributed by atoms with Crippen molar-refractivity contribution in [3.8, 4) is 0 Å². The van der Waals surface area contributed by atoms with Gasteiger partial charge >= 0.3 is 0 Å². The van der Waals surface area contributed by atoms with Gasteiger partial charge in [-0.3, -0.25) is 4.79 Å². The van der Waals surface area contributed by atoms with Crippen LogP contribution in [0.15, 0.2) is 17.0 Å². The third-order valence-electron chi connectivity index (χ3n) is 4.20. The maximum absolute atomic E-state index is 14.2. The predicted octanol–water partition coefficient (Wildman–Crippen LogP) is 0.0242. The van der Waals surface area contributed by atoms with E-state index in [0.717, 1.165) is 6.07 Å².